The van der Waals surface area contributed by atoms with Gasteiger partial charge in [0, 0.05) is 11.2 Å². The highest BCUT2D eigenvalue weighted by Gasteiger charge is 2.72. The van der Waals surface area contributed by atoms with Crippen LogP contribution in [0.1, 0.15) is 0 Å². The molecule has 4 N–H and O–H groups in total. The van der Waals surface area contributed by atoms with Crippen molar-refractivity contribution in [2.45, 2.75) is 11.7 Å². The Balaban J connectivity index is 2.69. The molecule has 0 saturated carbocycles. The summed E-state index contributed by atoms with van der Waals surface area (Å²) >= 11 is 5.68. The monoisotopic (exact) mass is 350 g/mol. The lowest BCUT2D eigenvalue weighted by Crippen LogP contribution is -2.70. The van der Waals surface area contributed by atoms with Crippen molar-refractivity contribution < 1.29 is 27.9 Å². The van der Waals surface area contributed by atoms with Crippen LogP contribution in [0.25, 0.3) is 0 Å². The number of rotatable bonds is 3. The first-order chi connectivity index (χ1) is 10.7. The van der Waals surface area contributed by atoms with Crippen LogP contribution in [0.5, 0.6) is 0 Å². The number of benzene rings is 1. The third-order valence-corrected chi connectivity index (χ3v) is 3.61. The second kappa shape index (κ2) is 5.70. The van der Waals surface area contributed by atoms with Crippen LogP contribution in [-0.2, 0) is 9.59 Å². The van der Waals surface area contributed by atoms with Gasteiger partial charge in [-0.1, -0.05) is 11.6 Å². The Kier molecular flexibility index (Phi) is 4.22. The third kappa shape index (κ3) is 2.49. The van der Waals surface area contributed by atoms with Crippen molar-refractivity contribution in [2.24, 2.45) is 16.9 Å². The highest BCUT2D eigenvalue weighted by atomic mass is 35.5. The number of aliphatic carboxylic acids is 1. The lowest BCUT2D eigenvalue weighted by molar-refractivity contribution is -0.201. The smallest absolute Gasteiger partial charge is 0.424 e. The number of carboxylic acids is 1. The van der Waals surface area contributed by atoms with Gasteiger partial charge in [-0.05, 0) is 24.3 Å². The quantitative estimate of drug-likeness (QED) is 0.430. The van der Waals surface area contributed by atoms with Gasteiger partial charge in [-0.3, -0.25) is 15.0 Å². The Hall–Kier alpha value is -2.33. The molecule has 0 bridgehead atoms. The third-order valence-electron chi connectivity index (χ3n) is 3.36. The van der Waals surface area contributed by atoms with Crippen LogP contribution in [0.4, 0.5) is 18.9 Å². The minimum atomic E-state index is -5.28. The van der Waals surface area contributed by atoms with E-state index in [1.54, 1.807) is 0 Å². The number of nitrogens with zero attached hydrogens (tertiary/aromatic N) is 2. The van der Waals surface area contributed by atoms with E-state index in [1.165, 1.54) is 29.7 Å². The Bertz CT molecular complexity index is 665. The molecule has 124 valence electrons. The number of hydrogen-bond acceptors (Lipinski definition) is 5. The topological polar surface area (TPSA) is 108 Å². The van der Waals surface area contributed by atoms with Gasteiger partial charge in [0.2, 0.25) is 0 Å². The van der Waals surface area contributed by atoms with Crippen molar-refractivity contribution in [3.05, 3.63) is 29.3 Å². The van der Waals surface area contributed by atoms with Crippen LogP contribution in [-0.4, -0.2) is 34.9 Å². The van der Waals surface area contributed by atoms with E-state index in [-0.39, 0.29) is 15.7 Å². The van der Waals surface area contributed by atoms with Crippen LogP contribution in [0, 0.1) is 5.92 Å². The molecule has 1 aliphatic rings. The van der Waals surface area contributed by atoms with E-state index < -0.39 is 29.5 Å². The molecule has 1 amide bonds. The molecule has 2 rings (SSSR count). The molecule has 7 nitrogen and oxygen atoms in total. The number of carboxylic acid groups (broad SMARTS) is 1. The van der Waals surface area contributed by atoms with Gasteiger partial charge in [0.05, 0.1) is 5.69 Å². The lowest BCUT2D eigenvalue weighted by Gasteiger charge is -2.39. The van der Waals surface area contributed by atoms with E-state index in [2.05, 4.69) is 5.10 Å². The van der Waals surface area contributed by atoms with E-state index in [0.717, 1.165) is 0 Å². The molecule has 0 aliphatic carbocycles. The van der Waals surface area contributed by atoms with Gasteiger partial charge < -0.3 is 5.11 Å². The molecule has 0 spiro atoms. The Morgan fingerprint density at radius 1 is 1.35 bits per heavy atom. The predicted octanol–water partition coefficient (Wildman–Crippen LogP) is 1.14. The molecule has 2 atom stereocenters. The van der Waals surface area contributed by atoms with Gasteiger partial charge in [0.1, 0.15) is 5.92 Å². The molecule has 1 heterocycles. The second-order valence-corrected chi connectivity index (χ2v) is 5.04. The number of nitrogens with two attached hydrogens (primary N) is 1. The standard InChI is InChI=1S/C12H10ClF3N4O3/c13-6-1-3-7(4-2-6)20-11(10(23)19-17,12(14,15)16)8(5-18-20)9(21)22/h1-5,8H,17H2,(H,19,23)(H,21,22)/t8-,11-/m0/s1. The minimum Gasteiger partial charge on any atom is -0.481 e. The average molecular weight is 351 g/mol. The largest absolute Gasteiger partial charge is 0.481 e. The summed E-state index contributed by atoms with van der Waals surface area (Å²) in [6.07, 6.45) is -4.74. The Labute approximate surface area is 132 Å². The molecule has 0 fully saturated rings. The number of carbonyl (C=O) groups is 2. The maximum atomic E-state index is 13.8. The van der Waals surface area contributed by atoms with Crippen molar-refractivity contribution in [2.75, 3.05) is 5.01 Å². The molecular weight excluding hydrogens is 341 g/mol. The van der Waals surface area contributed by atoms with Crippen LogP contribution >= 0.6 is 11.6 Å². The number of hydrazine groups is 1. The zero-order valence-corrected chi connectivity index (χ0v) is 12.0. The Morgan fingerprint density at radius 3 is 2.35 bits per heavy atom. The maximum Gasteiger partial charge on any atom is 0.424 e. The first-order valence-corrected chi connectivity index (χ1v) is 6.44. The number of nitrogens with one attached hydrogen (secondary N) is 1. The van der Waals surface area contributed by atoms with Gasteiger partial charge in [0.15, 0.2) is 0 Å². The van der Waals surface area contributed by atoms with Gasteiger partial charge in [-0.2, -0.15) is 18.3 Å². The van der Waals surface area contributed by atoms with Crippen molar-refractivity contribution in [3.63, 3.8) is 0 Å². The summed E-state index contributed by atoms with van der Waals surface area (Å²) in [5.41, 5.74) is -2.30. The molecule has 0 saturated heterocycles. The fraction of sp³-hybridized carbons (Fsp3) is 0.250. The minimum absolute atomic E-state index is 0.171. The van der Waals surface area contributed by atoms with Crippen molar-refractivity contribution in [1.29, 1.82) is 0 Å². The number of hydrazone groups is 1. The number of hydrogen-bond donors (Lipinski definition) is 3. The van der Waals surface area contributed by atoms with Crippen molar-refractivity contribution in [1.82, 2.24) is 5.43 Å². The van der Waals surface area contributed by atoms with Crippen LogP contribution < -0.4 is 16.3 Å². The molecule has 0 unspecified atom stereocenters. The van der Waals surface area contributed by atoms with E-state index in [4.69, 9.17) is 22.6 Å². The van der Waals surface area contributed by atoms with Gasteiger partial charge in [0.25, 0.3) is 11.4 Å². The first-order valence-electron chi connectivity index (χ1n) is 6.06. The van der Waals surface area contributed by atoms with Crippen LogP contribution in [0.15, 0.2) is 29.4 Å². The summed E-state index contributed by atoms with van der Waals surface area (Å²) in [4.78, 5) is 23.2. The SMILES string of the molecule is NNC(=O)[C@]1(C(F)(F)F)[C@H](C(=O)O)C=NN1c1ccc(Cl)cc1. The molecular formula is C12H10ClF3N4O3. The summed E-state index contributed by atoms with van der Waals surface area (Å²) in [5.74, 6) is -1.03. The number of amides is 1. The molecule has 23 heavy (non-hydrogen) atoms. The van der Waals surface area contributed by atoms with Crippen LogP contribution in [0.2, 0.25) is 5.02 Å². The number of anilines is 1. The molecule has 11 heteroatoms. The Morgan fingerprint density at radius 2 is 1.91 bits per heavy atom. The highest BCUT2D eigenvalue weighted by Crippen LogP contribution is 2.46. The van der Waals surface area contributed by atoms with E-state index in [9.17, 15) is 22.8 Å². The number of alkyl halides is 3. The molecule has 1 aromatic carbocycles. The first kappa shape index (κ1) is 17.0. The molecule has 0 aromatic heterocycles. The summed E-state index contributed by atoms with van der Waals surface area (Å²) in [5, 5.41) is 13.1. The fourth-order valence-electron chi connectivity index (χ4n) is 2.33. The van der Waals surface area contributed by atoms with Crippen molar-refractivity contribution >= 4 is 35.4 Å². The van der Waals surface area contributed by atoms with Gasteiger partial charge >= 0.3 is 12.1 Å². The number of halogens is 4. The normalized spacial score (nSPS) is 23.9. The van der Waals surface area contributed by atoms with E-state index >= 15 is 0 Å². The van der Waals surface area contributed by atoms with Crippen LogP contribution in [0.3, 0.4) is 0 Å². The predicted molar refractivity (Wildman–Crippen MR) is 74.7 cm³/mol. The molecule has 1 aliphatic heterocycles. The zero-order valence-electron chi connectivity index (χ0n) is 11.2. The number of carbonyl (C=O) groups excluding carboxylic acids is 1. The van der Waals surface area contributed by atoms with Crippen molar-refractivity contribution in [3.8, 4) is 0 Å². The summed E-state index contributed by atoms with van der Waals surface area (Å²) in [6.45, 7) is 0. The van der Waals surface area contributed by atoms with Gasteiger partial charge in [-0.25, -0.2) is 10.9 Å². The van der Waals surface area contributed by atoms with E-state index in [1.807, 2.05) is 0 Å². The second-order valence-electron chi connectivity index (χ2n) is 4.61. The summed E-state index contributed by atoms with van der Waals surface area (Å²) in [7, 11) is 0. The zero-order chi connectivity index (χ0) is 17.4. The van der Waals surface area contributed by atoms with E-state index in [0.29, 0.717) is 6.21 Å². The summed E-state index contributed by atoms with van der Waals surface area (Å²) < 4.78 is 41.3. The molecule has 0 radical (unpaired) electrons. The lowest BCUT2D eigenvalue weighted by atomic mass is 9.83. The average Bonchev–Trinajstić information content (AvgIpc) is 2.88. The molecule has 1 aromatic rings. The maximum absolute atomic E-state index is 13.8. The fourth-order valence-corrected chi connectivity index (χ4v) is 2.46. The van der Waals surface area contributed by atoms with Gasteiger partial charge in [-0.15, -0.1) is 0 Å². The summed E-state index contributed by atoms with van der Waals surface area (Å²) in [6, 6.07) is 4.91. The highest BCUT2D eigenvalue weighted by molar-refractivity contribution is 6.30.